The zero-order chi connectivity index (χ0) is 22.6. The number of anilines is 1. The number of carbonyl (C=O) groups is 1. The predicted molar refractivity (Wildman–Crippen MR) is 105 cm³/mol. The SMILES string of the molecule is Cn1c([C@@H]2CCC(=O)N2c2ccc(-c3noc(C(F)(F)F)n3)cc2F)nc2ccccc21. The van der Waals surface area contributed by atoms with Gasteiger partial charge in [-0.25, -0.2) is 9.37 Å². The van der Waals surface area contributed by atoms with E-state index in [1.54, 1.807) is 0 Å². The van der Waals surface area contributed by atoms with E-state index >= 15 is 4.39 Å². The first-order valence-electron chi connectivity index (χ1n) is 9.68. The Morgan fingerprint density at radius 1 is 1.12 bits per heavy atom. The van der Waals surface area contributed by atoms with Crippen LogP contribution in [0, 0.1) is 5.82 Å². The zero-order valence-electron chi connectivity index (χ0n) is 16.6. The molecule has 1 amide bonds. The number of alkyl halides is 3. The summed E-state index contributed by atoms with van der Waals surface area (Å²) in [6.07, 6.45) is -4.13. The van der Waals surface area contributed by atoms with Crippen LogP contribution in [-0.4, -0.2) is 25.6 Å². The third-order valence-corrected chi connectivity index (χ3v) is 5.47. The maximum atomic E-state index is 15.1. The normalized spacial score (nSPS) is 17.0. The number of fused-ring (bicyclic) bond motifs is 1. The lowest BCUT2D eigenvalue weighted by Gasteiger charge is -2.25. The van der Waals surface area contributed by atoms with Crippen LogP contribution in [-0.2, 0) is 18.0 Å². The van der Waals surface area contributed by atoms with E-state index in [0.717, 1.165) is 17.1 Å². The number of amides is 1. The summed E-state index contributed by atoms with van der Waals surface area (Å²) in [6.45, 7) is 0. The van der Waals surface area contributed by atoms with Crippen molar-refractivity contribution in [1.82, 2.24) is 19.7 Å². The van der Waals surface area contributed by atoms with Gasteiger partial charge in [-0.15, -0.1) is 0 Å². The van der Waals surface area contributed by atoms with Crippen LogP contribution in [0.25, 0.3) is 22.4 Å². The lowest BCUT2D eigenvalue weighted by atomic mass is 10.1. The summed E-state index contributed by atoms with van der Waals surface area (Å²) in [5.74, 6) is -2.36. The van der Waals surface area contributed by atoms with Gasteiger partial charge in [-0.2, -0.15) is 18.2 Å². The van der Waals surface area contributed by atoms with Gasteiger partial charge in [0.15, 0.2) is 0 Å². The van der Waals surface area contributed by atoms with E-state index in [9.17, 15) is 18.0 Å². The number of hydrogen-bond acceptors (Lipinski definition) is 5. The van der Waals surface area contributed by atoms with Crippen molar-refractivity contribution >= 4 is 22.6 Å². The quantitative estimate of drug-likeness (QED) is 0.429. The Morgan fingerprint density at radius 2 is 1.91 bits per heavy atom. The van der Waals surface area contributed by atoms with Crippen molar-refractivity contribution in [2.75, 3.05) is 4.90 Å². The number of imidazole rings is 1. The Kier molecular flexibility index (Phi) is 4.50. The minimum atomic E-state index is -4.80. The van der Waals surface area contributed by atoms with Crippen LogP contribution in [0.2, 0.25) is 0 Å². The largest absolute Gasteiger partial charge is 0.471 e. The molecular formula is C21H15F4N5O2. The van der Waals surface area contributed by atoms with Crippen LogP contribution in [0.4, 0.5) is 23.2 Å². The van der Waals surface area contributed by atoms with Gasteiger partial charge in [-0.1, -0.05) is 17.3 Å². The summed E-state index contributed by atoms with van der Waals surface area (Å²) >= 11 is 0. The second kappa shape index (κ2) is 7.14. The molecule has 0 bridgehead atoms. The lowest BCUT2D eigenvalue weighted by Crippen LogP contribution is -2.29. The van der Waals surface area contributed by atoms with E-state index in [2.05, 4.69) is 19.6 Å². The highest BCUT2D eigenvalue weighted by molar-refractivity contribution is 5.96. The van der Waals surface area contributed by atoms with E-state index in [1.807, 2.05) is 35.9 Å². The van der Waals surface area contributed by atoms with Crippen molar-refractivity contribution in [3.8, 4) is 11.4 Å². The Balaban J connectivity index is 1.52. The maximum Gasteiger partial charge on any atom is 0.471 e. The monoisotopic (exact) mass is 445 g/mol. The minimum absolute atomic E-state index is 0.00331. The highest BCUT2D eigenvalue weighted by atomic mass is 19.4. The topological polar surface area (TPSA) is 77.0 Å². The first-order valence-corrected chi connectivity index (χ1v) is 9.68. The van der Waals surface area contributed by atoms with Crippen molar-refractivity contribution < 1.29 is 26.9 Å². The molecule has 0 unspecified atom stereocenters. The number of halogens is 4. The molecule has 32 heavy (non-hydrogen) atoms. The summed E-state index contributed by atoms with van der Waals surface area (Å²) in [6, 6.07) is 10.7. The highest BCUT2D eigenvalue weighted by Crippen LogP contribution is 2.39. The minimum Gasteiger partial charge on any atom is -0.329 e. The first kappa shape index (κ1) is 20.2. The van der Waals surface area contributed by atoms with Crippen LogP contribution >= 0.6 is 0 Å². The van der Waals surface area contributed by atoms with Gasteiger partial charge in [0.1, 0.15) is 11.6 Å². The highest BCUT2D eigenvalue weighted by Gasteiger charge is 2.39. The number of aryl methyl sites for hydroxylation is 1. The molecule has 0 aliphatic carbocycles. The molecule has 2 aromatic heterocycles. The molecule has 1 fully saturated rings. The van der Waals surface area contributed by atoms with Crippen molar-refractivity contribution in [1.29, 1.82) is 0 Å². The van der Waals surface area contributed by atoms with Crippen LogP contribution in [0.15, 0.2) is 47.0 Å². The number of para-hydroxylation sites is 2. The Bertz CT molecular complexity index is 1340. The number of nitrogens with zero attached hydrogens (tertiary/aromatic N) is 5. The molecule has 0 saturated carbocycles. The molecule has 164 valence electrons. The smallest absolute Gasteiger partial charge is 0.329 e. The van der Waals surface area contributed by atoms with E-state index in [4.69, 9.17) is 0 Å². The fourth-order valence-corrected chi connectivity index (χ4v) is 3.99. The Hall–Kier alpha value is -3.76. The van der Waals surface area contributed by atoms with Gasteiger partial charge in [0.25, 0.3) is 0 Å². The van der Waals surface area contributed by atoms with Gasteiger partial charge in [0.2, 0.25) is 11.7 Å². The third kappa shape index (κ3) is 3.20. The van der Waals surface area contributed by atoms with E-state index < -0.39 is 29.8 Å². The molecule has 7 nitrogen and oxygen atoms in total. The van der Waals surface area contributed by atoms with Crippen molar-refractivity contribution in [2.45, 2.75) is 25.1 Å². The number of benzene rings is 2. The van der Waals surface area contributed by atoms with Crippen molar-refractivity contribution in [3.05, 3.63) is 60.0 Å². The first-order chi connectivity index (χ1) is 15.2. The fraction of sp³-hybridized carbons (Fsp3) is 0.238. The third-order valence-electron chi connectivity index (χ3n) is 5.47. The lowest BCUT2D eigenvalue weighted by molar-refractivity contribution is -0.159. The average molecular weight is 445 g/mol. The maximum absolute atomic E-state index is 15.1. The molecule has 3 heterocycles. The molecule has 5 rings (SSSR count). The standard InChI is InChI=1S/C21H15F4N5O2/c1-29-15-5-3-2-4-13(15)26-19(29)16-8-9-17(31)30(16)14-7-6-11(10-12(14)22)18-27-20(32-28-18)21(23,24)25/h2-7,10,16H,8-9H2,1H3/t16-/m0/s1. The number of hydrogen-bond donors (Lipinski definition) is 0. The molecule has 2 aromatic carbocycles. The van der Waals surface area contributed by atoms with Gasteiger partial charge in [0, 0.05) is 19.0 Å². The van der Waals surface area contributed by atoms with Gasteiger partial charge in [0.05, 0.1) is 22.8 Å². The Morgan fingerprint density at radius 3 is 2.59 bits per heavy atom. The van der Waals surface area contributed by atoms with Gasteiger partial charge >= 0.3 is 12.1 Å². The van der Waals surface area contributed by atoms with Crippen molar-refractivity contribution in [2.24, 2.45) is 7.05 Å². The average Bonchev–Trinajstić information content (AvgIpc) is 3.46. The number of aromatic nitrogens is 4. The molecule has 1 aliphatic heterocycles. The second-order valence-electron chi connectivity index (χ2n) is 7.42. The summed E-state index contributed by atoms with van der Waals surface area (Å²) in [7, 11) is 1.83. The summed E-state index contributed by atoms with van der Waals surface area (Å²) in [4.78, 5) is 21.9. The number of rotatable bonds is 3. The molecule has 1 saturated heterocycles. The fourth-order valence-electron chi connectivity index (χ4n) is 3.99. The zero-order valence-corrected chi connectivity index (χ0v) is 16.6. The second-order valence-corrected chi connectivity index (χ2v) is 7.42. The van der Waals surface area contributed by atoms with Gasteiger partial charge in [-0.05, 0) is 36.8 Å². The van der Waals surface area contributed by atoms with E-state index in [-0.39, 0.29) is 23.6 Å². The molecular weight excluding hydrogens is 430 g/mol. The summed E-state index contributed by atoms with van der Waals surface area (Å²) in [5.41, 5.74) is 1.65. The van der Waals surface area contributed by atoms with Gasteiger partial charge < -0.3 is 9.09 Å². The Labute approximate surface area is 178 Å². The molecule has 1 aliphatic rings. The molecule has 11 heteroatoms. The molecule has 1 atom stereocenters. The van der Waals surface area contributed by atoms with Crippen LogP contribution in [0.3, 0.4) is 0 Å². The van der Waals surface area contributed by atoms with Crippen LogP contribution < -0.4 is 4.90 Å². The van der Waals surface area contributed by atoms with E-state index in [0.29, 0.717) is 12.2 Å². The molecule has 0 N–H and O–H groups in total. The number of carbonyl (C=O) groups excluding carboxylic acids is 1. The van der Waals surface area contributed by atoms with Crippen LogP contribution in [0.1, 0.15) is 30.6 Å². The van der Waals surface area contributed by atoms with E-state index in [1.165, 1.54) is 17.0 Å². The van der Waals surface area contributed by atoms with Crippen molar-refractivity contribution in [3.63, 3.8) is 0 Å². The molecule has 0 radical (unpaired) electrons. The summed E-state index contributed by atoms with van der Waals surface area (Å²) < 4.78 is 59.2. The predicted octanol–water partition coefficient (Wildman–Crippen LogP) is 4.65. The van der Waals surface area contributed by atoms with Gasteiger partial charge in [-0.3, -0.25) is 9.69 Å². The molecule has 0 spiro atoms. The van der Waals surface area contributed by atoms with Crippen LogP contribution in [0.5, 0.6) is 0 Å². The summed E-state index contributed by atoms with van der Waals surface area (Å²) in [5, 5.41) is 3.27. The molecule has 4 aromatic rings.